The molecule has 2 atom stereocenters. The summed E-state index contributed by atoms with van der Waals surface area (Å²) in [6.07, 6.45) is 3.90. The molecule has 1 fully saturated rings. The Morgan fingerprint density at radius 1 is 0.974 bits per heavy atom. The summed E-state index contributed by atoms with van der Waals surface area (Å²) in [4.78, 5) is 21.8. The number of oxime groups is 1. The predicted octanol–water partition coefficient (Wildman–Crippen LogP) is 7.20. The maximum atomic E-state index is 11.8. The minimum atomic E-state index is -0.451. The van der Waals surface area contributed by atoms with Gasteiger partial charge in [-0.05, 0) is 71.7 Å². The van der Waals surface area contributed by atoms with E-state index >= 15 is 0 Å². The molecular formula is C30H24Cl2N2O4. The first-order chi connectivity index (χ1) is 18.5. The van der Waals surface area contributed by atoms with Crippen LogP contribution < -0.4 is 4.74 Å². The van der Waals surface area contributed by atoms with E-state index in [0.717, 1.165) is 46.2 Å². The molecule has 192 valence electrons. The molecular weight excluding hydrogens is 523 g/mol. The first-order valence-corrected chi connectivity index (χ1v) is 13.2. The van der Waals surface area contributed by atoms with Crippen molar-refractivity contribution in [1.29, 1.82) is 0 Å². The largest absolute Gasteiger partial charge is 0.493 e. The van der Waals surface area contributed by atoms with Crippen molar-refractivity contribution in [2.45, 2.75) is 18.9 Å². The molecule has 1 aliphatic heterocycles. The second kappa shape index (κ2) is 10.3. The molecule has 1 aliphatic carbocycles. The van der Waals surface area contributed by atoms with E-state index in [1.165, 1.54) is 7.11 Å². The summed E-state index contributed by atoms with van der Waals surface area (Å²) < 4.78 is 11.0. The van der Waals surface area contributed by atoms with Gasteiger partial charge >= 0.3 is 5.97 Å². The lowest BCUT2D eigenvalue weighted by Gasteiger charge is -2.20. The van der Waals surface area contributed by atoms with Crippen molar-refractivity contribution >= 4 is 45.7 Å². The Morgan fingerprint density at radius 2 is 1.71 bits per heavy atom. The van der Waals surface area contributed by atoms with Crippen LogP contribution in [0.4, 0.5) is 0 Å². The van der Waals surface area contributed by atoms with Crippen LogP contribution in [0.25, 0.3) is 21.9 Å². The minimum Gasteiger partial charge on any atom is -0.493 e. The Kier molecular flexibility index (Phi) is 6.68. The summed E-state index contributed by atoms with van der Waals surface area (Å²) in [5, 5.41) is 7.36. The molecule has 0 bridgehead atoms. The molecule has 0 N–H and O–H groups in total. The third-order valence-corrected chi connectivity index (χ3v) is 7.69. The molecule has 0 spiro atoms. The van der Waals surface area contributed by atoms with E-state index in [1.807, 2.05) is 60.7 Å². The quantitative estimate of drug-likeness (QED) is 0.229. The number of carbonyl (C=O) groups excluding carboxylic acids is 1. The highest BCUT2D eigenvalue weighted by Gasteiger charge is 2.46. The number of benzene rings is 3. The number of nitrogens with zero attached hydrogens (tertiary/aromatic N) is 2. The molecule has 2 aliphatic rings. The maximum absolute atomic E-state index is 11.8. The topological polar surface area (TPSA) is 70.0 Å². The van der Waals surface area contributed by atoms with E-state index in [2.05, 4.69) is 10.1 Å². The molecule has 2 heterocycles. The molecule has 38 heavy (non-hydrogen) atoms. The summed E-state index contributed by atoms with van der Waals surface area (Å²) in [6, 6.07) is 21.2. The van der Waals surface area contributed by atoms with Crippen LogP contribution in [-0.2, 0) is 9.57 Å². The fraction of sp³-hybridized carbons (Fsp3) is 0.233. The van der Waals surface area contributed by atoms with E-state index < -0.39 is 5.97 Å². The fourth-order valence-corrected chi connectivity index (χ4v) is 5.46. The van der Waals surface area contributed by atoms with Gasteiger partial charge in [-0.2, -0.15) is 0 Å². The third kappa shape index (κ3) is 4.82. The number of rotatable bonds is 7. The molecule has 0 amide bonds. The van der Waals surface area contributed by atoms with E-state index in [0.29, 0.717) is 28.1 Å². The van der Waals surface area contributed by atoms with Crippen LogP contribution in [0, 0.1) is 11.8 Å². The SMILES string of the molecule is COC(=O)c1cc2ccc(-c3ccc(OCC4C(c5c(Cl)cccc5Cl)=NOC4C4CC4)cc3)cc2cn1. The summed E-state index contributed by atoms with van der Waals surface area (Å²) in [7, 11) is 1.35. The maximum Gasteiger partial charge on any atom is 0.356 e. The number of ether oxygens (including phenoxy) is 2. The number of fused-ring (bicyclic) bond motifs is 1. The van der Waals surface area contributed by atoms with Crippen molar-refractivity contribution in [2.24, 2.45) is 17.0 Å². The van der Waals surface area contributed by atoms with Gasteiger partial charge < -0.3 is 14.3 Å². The van der Waals surface area contributed by atoms with E-state index in [-0.39, 0.29) is 17.7 Å². The highest BCUT2D eigenvalue weighted by atomic mass is 35.5. The fourth-order valence-electron chi connectivity index (χ4n) is 4.87. The predicted molar refractivity (Wildman–Crippen MR) is 148 cm³/mol. The van der Waals surface area contributed by atoms with Crippen molar-refractivity contribution in [1.82, 2.24) is 4.98 Å². The van der Waals surface area contributed by atoms with Gasteiger partial charge in [0.2, 0.25) is 0 Å². The molecule has 6 nitrogen and oxygen atoms in total. The van der Waals surface area contributed by atoms with Crippen LogP contribution in [0.3, 0.4) is 0 Å². The van der Waals surface area contributed by atoms with Crippen molar-refractivity contribution < 1.29 is 19.1 Å². The van der Waals surface area contributed by atoms with E-state index in [1.54, 1.807) is 12.3 Å². The van der Waals surface area contributed by atoms with Crippen LogP contribution in [0.5, 0.6) is 5.75 Å². The van der Waals surface area contributed by atoms with Crippen LogP contribution in [-0.4, -0.2) is 36.5 Å². The zero-order valence-corrected chi connectivity index (χ0v) is 22.1. The number of methoxy groups -OCH3 is 1. The van der Waals surface area contributed by atoms with Gasteiger partial charge in [0.25, 0.3) is 0 Å². The zero-order valence-electron chi connectivity index (χ0n) is 20.6. The normalized spacial score (nSPS) is 18.7. The van der Waals surface area contributed by atoms with Gasteiger partial charge in [0.1, 0.15) is 29.9 Å². The van der Waals surface area contributed by atoms with Crippen LogP contribution in [0.1, 0.15) is 28.9 Å². The summed E-state index contributed by atoms with van der Waals surface area (Å²) in [5.74, 6) is 0.708. The monoisotopic (exact) mass is 546 g/mol. The standard InChI is InChI=1S/C30H24Cl2N2O4/c1-36-30(35)26-14-20-8-7-19(13-21(20)15-33-26)17-9-11-22(12-10-17)37-16-23-28(34-38-29(23)18-5-6-18)27-24(31)3-2-4-25(27)32/h2-4,7-15,18,23,29H,5-6,16H2,1H3. The Hall–Kier alpha value is -3.61. The number of hydrogen-bond donors (Lipinski definition) is 0. The second-order valence-corrected chi connectivity index (χ2v) is 10.4. The number of pyridine rings is 1. The van der Waals surface area contributed by atoms with Gasteiger partial charge in [-0.25, -0.2) is 9.78 Å². The summed E-state index contributed by atoms with van der Waals surface area (Å²) in [5.41, 5.74) is 3.83. The van der Waals surface area contributed by atoms with Gasteiger partial charge in [-0.3, -0.25) is 0 Å². The molecule has 2 unspecified atom stereocenters. The lowest BCUT2D eigenvalue weighted by Crippen LogP contribution is -2.31. The molecule has 8 heteroatoms. The number of hydrogen-bond acceptors (Lipinski definition) is 6. The van der Waals surface area contributed by atoms with Gasteiger partial charge in [0, 0.05) is 17.1 Å². The van der Waals surface area contributed by atoms with Crippen molar-refractivity contribution in [2.75, 3.05) is 13.7 Å². The lowest BCUT2D eigenvalue weighted by molar-refractivity contribution is 0.0340. The minimum absolute atomic E-state index is 0.0393. The zero-order chi connectivity index (χ0) is 26.2. The van der Waals surface area contributed by atoms with Crippen LogP contribution >= 0.6 is 23.2 Å². The Labute approximate surface area is 230 Å². The highest BCUT2D eigenvalue weighted by Crippen LogP contribution is 2.43. The van der Waals surface area contributed by atoms with Gasteiger partial charge in [-0.15, -0.1) is 0 Å². The summed E-state index contributed by atoms with van der Waals surface area (Å²) in [6.45, 7) is 0.408. The first-order valence-electron chi connectivity index (χ1n) is 12.4. The number of esters is 1. The molecule has 1 saturated carbocycles. The third-order valence-electron chi connectivity index (χ3n) is 7.06. The van der Waals surface area contributed by atoms with Crippen LogP contribution in [0.2, 0.25) is 10.0 Å². The molecule has 6 rings (SSSR count). The second-order valence-electron chi connectivity index (χ2n) is 9.55. The van der Waals surface area contributed by atoms with Crippen molar-refractivity contribution in [3.63, 3.8) is 0 Å². The Balaban J connectivity index is 1.19. The molecule has 1 aromatic heterocycles. The molecule has 0 saturated heterocycles. The summed E-state index contributed by atoms with van der Waals surface area (Å²) >= 11 is 13.0. The Morgan fingerprint density at radius 3 is 2.42 bits per heavy atom. The van der Waals surface area contributed by atoms with Crippen molar-refractivity contribution in [3.8, 4) is 16.9 Å². The average Bonchev–Trinajstić information content (AvgIpc) is 3.71. The first kappa shape index (κ1) is 24.7. The van der Waals surface area contributed by atoms with E-state index in [9.17, 15) is 4.79 Å². The molecule has 0 radical (unpaired) electrons. The van der Waals surface area contributed by atoms with Crippen molar-refractivity contribution in [3.05, 3.63) is 94.2 Å². The van der Waals surface area contributed by atoms with Gasteiger partial charge in [-0.1, -0.05) is 58.7 Å². The van der Waals surface area contributed by atoms with Gasteiger partial charge in [0.15, 0.2) is 0 Å². The van der Waals surface area contributed by atoms with E-state index in [4.69, 9.17) is 37.5 Å². The lowest BCUT2D eigenvalue weighted by atomic mass is 9.90. The highest BCUT2D eigenvalue weighted by molar-refractivity contribution is 6.40. The Bertz CT molecular complexity index is 1530. The smallest absolute Gasteiger partial charge is 0.356 e. The average molecular weight is 547 g/mol. The number of aromatic nitrogens is 1. The molecule has 3 aromatic carbocycles. The van der Waals surface area contributed by atoms with Crippen LogP contribution in [0.15, 0.2) is 78.1 Å². The number of halogens is 2. The van der Waals surface area contributed by atoms with Gasteiger partial charge in [0.05, 0.1) is 23.1 Å². The molecule has 4 aromatic rings. The number of carbonyl (C=O) groups is 1.